The molecule has 1 aromatic rings. The lowest BCUT2D eigenvalue weighted by Gasteiger charge is -2.46. The summed E-state index contributed by atoms with van der Waals surface area (Å²) in [5, 5.41) is 10.4. The quantitative estimate of drug-likeness (QED) is 0.885. The van der Waals surface area contributed by atoms with Gasteiger partial charge in [-0.2, -0.15) is 13.2 Å². The fraction of sp³-hybridized carbons (Fsp3) is 0.444. The van der Waals surface area contributed by atoms with E-state index in [1.807, 2.05) is 0 Å². The first kappa shape index (κ1) is 17.7. The predicted molar refractivity (Wildman–Crippen MR) is 81.3 cm³/mol. The van der Waals surface area contributed by atoms with Crippen molar-refractivity contribution in [3.8, 4) is 0 Å². The number of hydrogen-bond donors (Lipinski definition) is 1. The van der Waals surface area contributed by atoms with E-state index >= 15 is 0 Å². The number of allylic oxidation sites excluding steroid dienone is 2. The number of Topliss-reactive ketones (excluding diaryl/α,β-unsaturated/α-hetero) is 2. The average Bonchev–Trinajstić information content (AvgIpc) is 2.53. The Hall–Kier alpha value is -2.15. The summed E-state index contributed by atoms with van der Waals surface area (Å²) in [4.78, 5) is 24.6. The van der Waals surface area contributed by atoms with E-state index in [1.54, 1.807) is 30.3 Å². The fourth-order valence-corrected chi connectivity index (χ4v) is 3.70. The number of aliphatic hydroxyl groups is 1. The number of alkyl halides is 3. The van der Waals surface area contributed by atoms with Crippen LogP contribution in [0.5, 0.6) is 0 Å². The SMILES string of the molecule is CC(=O)C1C(c2ccccc2)C2=C(CCCC2=O)OC1(O)C(F)(F)F. The molecule has 0 saturated heterocycles. The molecule has 1 aliphatic heterocycles. The first-order valence-corrected chi connectivity index (χ1v) is 7.96. The van der Waals surface area contributed by atoms with Crippen molar-refractivity contribution in [2.24, 2.45) is 5.92 Å². The summed E-state index contributed by atoms with van der Waals surface area (Å²) in [6.07, 6.45) is -4.54. The summed E-state index contributed by atoms with van der Waals surface area (Å²) in [7, 11) is 0. The fourth-order valence-electron chi connectivity index (χ4n) is 3.70. The zero-order valence-electron chi connectivity index (χ0n) is 13.5. The highest BCUT2D eigenvalue weighted by atomic mass is 19.4. The third-order valence-electron chi connectivity index (χ3n) is 4.76. The lowest BCUT2D eigenvalue weighted by Crippen LogP contribution is -2.60. The molecule has 0 bridgehead atoms. The van der Waals surface area contributed by atoms with Crippen molar-refractivity contribution < 1.29 is 32.6 Å². The van der Waals surface area contributed by atoms with Gasteiger partial charge in [-0.05, 0) is 18.9 Å². The Morgan fingerprint density at radius 2 is 1.88 bits per heavy atom. The van der Waals surface area contributed by atoms with Crippen LogP contribution >= 0.6 is 0 Å². The number of carbonyl (C=O) groups is 2. The Bertz CT molecular complexity index is 738. The van der Waals surface area contributed by atoms with Crippen molar-refractivity contribution in [1.82, 2.24) is 0 Å². The number of rotatable bonds is 2. The zero-order chi connectivity index (χ0) is 18.4. The van der Waals surface area contributed by atoms with Crippen molar-refractivity contribution in [2.75, 3.05) is 0 Å². The predicted octanol–water partition coefficient (Wildman–Crippen LogP) is 3.26. The van der Waals surface area contributed by atoms with Gasteiger partial charge in [0.05, 0.1) is 0 Å². The average molecular weight is 354 g/mol. The van der Waals surface area contributed by atoms with Crippen molar-refractivity contribution in [3.05, 3.63) is 47.2 Å². The molecule has 7 heteroatoms. The molecule has 0 radical (unpaired) electrons. The van der Waals surface area contributed by atoms with Crippen LogP contribution in [0, 0.1) is 5.92 Å². The summed E-state index contributed by atoms with van der Waals surface area (Å²) >= 11 is 0. The smallest absolute Gasteiger partial charge is 0.456 e. The van der Waals surface area contributed by atoms with Crippen LogP contribution in [0.25, 0.3) is 0 Å². The minimum atomic E-state index is -5.19. The zero-order valence-corrected chi connectivity index (χ0v) is 13.5. The first-order valence-electron chi connectivity index (χ1n) is 7.96. The Balaban J connectivity index is 2.28. The van der Waals surface area contributed by atoms with E-state index in [2.05, 4.69) is 0 Å². The summed E-state index contributed by atoms with van der Waals surface area (Å²) in [5.74, 6) is -8.19. The molecule has 3 rings (SSSR count). The molecule has 1 heterocycles. The molecule has 134 valence electrons. The van der Waals surface area contributed by atoms with Gasteiger partial charge < -0.3 is 9.84 Å². The second-order valence-electron chi connectivity index (χ2n) is 6.39. The maximum atomic E-state index is 13.6. The van der Waals surface area contributed by atoms with Crippen LogP contribution in [0.2, 0.25) is 0 Å². The minimum Gasteiger partial charge on any atom is -0.457 e. The van der Waals surface area contributed by atoms with Crippen LogP contribution in [-0.4, -0.2) is 28.6 Å². The lowest BCUT2D eigenvalue weighted by atomic mass is 9.69. The molecule has 0 aromatic heterocycles. The van der Waals surface area contributed by atoms with Crippen LogP contribution in [-0.2, 0) is 14.3 Å². The lowest BCUT2D eigenvalue weighted by molar-refractivity contribution is -0.375. The number of ether oxygens (including phenoxy) is 1. The van der Waals surface area contributed by atoms with Gasteiger partial charge in [0.2, 0.25) is 0 Å². The number of ketones is 2. The third-order valence-corrected chi connectivity index (χ3v) is 4.76. The van der Waals surface area contributed by atoms with E-state index in [0.717, 1.165) is 6.92 Å². The maximum Gasteiger partial charge on any atom is 0.456 e. The number of benzene rings is 1. The number of halogens is 3. The monoisotopic (exact) mass is 354 g/mol. The molecule has 0 spiro atoms. The molecule has 0 amide bonds. The molecule has 0 fully saturated rings. The topological polar surface area (TPSA) is 63.6 Å². The van der Waals surface area contributed by atoms with Crippen molar-refractivity contribution in [3.63, 3.8) is 0 Å². The molecular formula is C18H17F3O4. The Labute approximate surface area is 142 Å². The van der Waals surface area contributed by atoms with Crippen molar-refractivity contribution >= 4 is 11.6 Å². The maximum absolute atomic E-state index is 13.6. The normalized spacial score (nSPS) is 29.9. The van der Waals surface area contributed by atoms with Gasteiger partial charge in [-0.25, -0.2) is 0 Å². The molecule has 0 saturated carbocycles. The Kier molecular flexibility index (Phi) is 4.23. The number of carbonyl (C=O) groups excluding carboxylic acids is 2. The highest BCUT2D eigenvalue weighted by molar-refractivity contribution is 6.00. The molecule has 1 N–H and O–H groups in total. The van der Waals surface area contributed by atoms with Crippen LogP contribution < -0.4 is 0 Å². The van der Waals surface area contributed by atoms with Crippen LogP contribution in [0.4, 0.5) is 13.2 Å². The molecule has 25 heavy (non-hydrogen) atoms. The molecular weight excluding hydrogens is 337 g/mol. The standard InChI is InChI=1S/C18H17F3O4/c1-10(22)16-14(11-6-3-2-4-7-11)15-12(23)8-5-9-13(15)25-17(16,24)18(19,20)21/h2-4,6-7,14,16,24H,5,8-9H2,1H3. The highest BCUT2D eigenvalue weighted by Gasteiger charge is 2.68. The van der Waals surface area contributed by atoms with Gasteiger partial charge in [-0.3, -0.25) is 9.59 Å². The van der Waals surface area contributed by atoms with E-state index in [1.165, 1.54) is 0 Å². The van der Waals surface area contributed by atoms with E-state index in [4.69, 9.17) is 4.74 Å². The Morgan fingerprint density at radius 3 is 2.44 bits per heavy atom. The summed E-state index contributed by atoms with van der Waals surface area (Å²) < 4.78 is 45.8. The molecule has 3 atom stereocenters. The summed E-state index contributed by atoms with van der Waals surface area (Å²) in [6.45, 7) is 0.972. The van der Waals surface area contributed by atoms with Gasteiger partial charge in [-0.15, -0.1) is 0 Å². The van der Waals surface area contributed by atoms with Crippen LogP contribution in [0.1, 0.15) is 37.7 Å². The molecule has 2 aliphatic rings. The Morgan fingerprint density at radius 1 is 1.24 bits per heavy atom. The van der Waals surface area contributed by atoms with Gasteiger partial charge >= 0.3 is 12.0 Å². The van der Waals surface area contributed by atoms with Gasteiger partial charge in [-0.1, -0.05) is 30.3 Å². The van der Waals surface area contributed by atoms with E-state index in [0.29, 0.717) is 12.0 Å². The summed E-state index contributed by atoms with van der Waals surface area (Å²) in [6, 6.07) is 8.01. The van der Waals surface area contributed by atoms with Gasteiger partial charge in [0.1, 0.15) is 17.5 Å². The van der Waals surface area contributed by atoms with E-state index in [9.17, 15) is 27.9 Å². The van der Waals surface area contributed by atoms with Gasteiger partial charge in [0.25, 0.3) is 0 Å². The largest absolute Gasteiger partial charge is 0.457 e. The van der Waals surface area contributed by atoms with E-state index < -0.39 is 29.6 Å². The second kappa shape index (κ2) is 5.98. The molecule has 4 nitrogen and oxygen atoms in total. The van der Waals surface area contributed by atoms with Crippen LogP contribution in [0.3, 0.4) is 0 Å². The molecule has 1 aliphatic carbocycles. The minimum absolute atomic E-state index is 0.0755. The second-order valence-corrected chi connectivity index (χ2v) is 6.39. The molecule has 1 aromatic carbocycles. The van der Waals surface area contributed by atoms with Crippen molar-refractivity contribution in [1.29, 1.82) is 0 Å². The van der Waals surface area contributed by atoms with Gasteiger partial charge in [0.15, 0.2) is 5.78 Å². The van der Waals surface area contributed by atoms with Gasteiger partial charge in [0, 0.05) is 24.3 Å². The van der Waals surface area contributed by atoms with E-state index in [-0.39, 0.29) is 30.0 Å². The van der Waals surface area contributed by atoms with Crippen LogP contribution in [0.15, 0.2) is 41.7 Å². The highest BCUT2D eigenvalue weighted by Crippen LogP contribution is 2.53. The van der Waals surface area contributed by atoms with Crippen molar-refractivity contribution in [2.45, 2.75) is 44.1 Å². The third kappa shape index (κ3) is 2.76. The summed E-state index contributed by atoms with van der Waals surface area (Å²) in [5.41, 5.74) is 0.447. The number of hydrogen-bond acceptors (Lipinski definition) is 4. The first-order chi connectivity index (χ1) is 11.7. The molecule has 3 unspecified atom stereocenters.